The maximum atomic E-state index is 14.1. The van der Waals surface area contributed by atoms with Crippen LogP contribution in [0.4, 0.5) is 0 Å². The fourth-order valence-corrected chi connectivity index (χ4v) is 6.13. The molecule has 2 saturated carbocycles. The van der Waals surface area contributed by atoms with Gasteiger partial charge in [0.1, 0.15) is 15.7 Å². The van der Waals surface area contributed by atoms with Gasteiger partial charge in [0.25, 0.3) is 0 Å². The van der Waals surface area contributed by atoms with Crippen molar-refractivity contribution in [3.05, 3.63) is 0 Å². The molecule has 0 aromatic rings. The van der Waals surface area contributed by atoms with Crippen LogP contribution in [0.25, 0.3) is 0 Å². The Morgan fingerprint density at radius 1 is 1.15 bits per heavy atom. The average molecular weight is 482 g/mol. The highest BCUT2D eigenvalue weighted by atomic mass is 31.2. The van der Waals surface area contributed by atoms with Gasteiger partial charge in [0, 0.05) is 57.9 Å². The van der Waals surface area contributed by atoms with Gasteiger partial charge in [-0.25, -0.2) is 9.76 Å². The molecule has 9 nitrogen and oxygen atoms in total. The van der Waals surface area contributed by atoms with Gasteiger partial charge in [-0.05, 0) is 51.5 Å². The summed E-state index contributed by atoms with van der Waals surface area (Å²) >= 11 is 0. The minimum Gasteiger partial charge on any atom is -0.382 e. The lowest BCUT2D eigenvalue weighted by Gasteiger charge is -2.38. The predicted octanol–water partition coefficient (Wildman–Crippen LogP) is 0.441. The Bertz CT molecular complexity index is 636. The highest BCUT2D eigenvalue weighted by Gasteiger charge is 2.40. The van der Waals surface area contributed by atoms with Crippen LogP contribution in [0.1, 0.15) is 32.6 Å². The number of nitrogens with one attached hydrogen (secondary N) is 3. The van der Waals surface area contributed by atoms with E-state index in [-0.39, 0.29) is 25.4 Å². The lowest BCUT2D eigenvalue weighted by Crippen LogP contribution is -2.49. The van der Waals surface area contributed by atoms with Crippen molar-refractivity contribution in [3.63, 3.8) is 0 Å². The molecule has 1 saturated heterocycles. The topological polar surface area (TPSA) is 93.3 Å². The SMILES string of the molecule is [B]C(CNC)OC(COP(=O)(NCC([B])(C)OC(COC)C1CC1)N1CCNCC1)C1CC1. The van der Waals surface area contributed by atoms with E-state index < -0.39 is 19.2 Å². The van der Waals surface area contributed by atoms with Crippen LogP contribution in [0.2, 0.25) is 0 Å². The standard InChI is InChI=1S/C21H41B2N4O5P/c1-21(23,32-19(13-29-3)17-6-7-17)15-26-33(28,27-10-8-25-9-11-27)30-14-18(16-4-5-16)31-20(22)12-24-2/h16-20,24-25H,4-15H2,1-3H3,(H,26,28). The Kier molecular flexibility index (Phi) is 10.7. The minimum atomic E-state index is -3.37. The summed E-state index contributed by atoms with van der Waals surface area (Å²) < 4.78 is 39.6. The molecule has 0 bridgehead atoms. The molecule has 3 rings (SSSR count). The Morgan fingerprint density at radius 3 is 2.36 bits per heavy atom. The van der Waals surface area contributed by atoms with E-state index in [1.807, 2.05) is 11.7 Å². The molecule has 1 heterocycles. The van der Waals surface area contributed by atoms with Crippen molar-refractivity contribution in [2.45, 2.75) is 56.3 Å². The Balaban J connectivity index is 1.61. The van der Waals surface area contributed by atoms with Crippen LogP contribution in [0, 0.1) is 11.8 Å². The van der Waals surface area contributed by atoms with E-state index in [1.54, 1.807) is 14.0 Å². The highest BCUT2D eigenvalue weighted by molar-refractivity contribution is 7.54. The first-order valence-electron chi connectivity index (χ1n) is 12.2. The third kappa shape index (κ3) is 9.21. The fourth-order valence-electron chi connectivity index (χ4n) is 4.09. The summed E-state index contributed by atoms with van der Waals surface area (Å²) in [6.07, 6.45) is 4.14. The number of nitrogens with zero attached hydrogens (tertiary/aromatic N) is 1. The maximum Gasteiger partial charge on any atom is 0.343 e. The molecular weight excluding hydrogens is 441 g/mol. The van der Waals surface area contributed by atoms with Gasteiger partial charge < -0.3 is 29.4 Å². The van der Waals surface area contributed by atoms with Crippen molar-refractivity contribution < 1.29 is 23.3 Å². The van der Waals surface area contributed by atoms with Gasteiger partial charge in [-0.1, -0.05) is 0 Å². The molecule has 3 fully saturated rings. The van der Waals surface area contributed by atoms with Gasteiger partial charge in [0.15, 0.2) is 0 Å². The Labute approximate surface area is 202 Å². The number of piperazine rings is 1. The molecule has 33 heavy (non-hydrogen) atoms. The van der Waals surface area contributed by atoms with Crippen molar-refractivity contribution in [2.24, 2.45) is 11.8 Å². The van der Waals surface area contributed by atoms with Gasteiger partial charge in [-0.3, -0.25) is 4.57 Å². The molecule has 1 aliphatic heterocycles. The zero-order valence-corrected chi connectivity index (χ0v) is 21.4. The summed E-state index contributed by atoms with van der Waals surface area (Å²) in [7, 11) is 12.7. The number of likely N-dealkylation sites (N-methyl/N-ethyl adjacent to an activating group) is 1. The largest absolute Gasteiger partial charge is 0.382 e. The van der Waals surface area contributed by atoms with E-state index >= 15 is 0 Å². The lowest BCUT2D eigenvalue weighted by atomic mass is 9.83. The molecule has 5 atom stereocenters. The van der Waals surface area contributed by atoms with Crippen molar-refractivity contribution in [1.82, 2.24) is 20.4 Å². The number of ether oxygens (including phenoxy) is 3. The van der Waals surface area contributed by atoms with E-state index in [1.165, 1.54) is 0 Å². The van der Waals surface area contributed by atoms with Crippen LogP contribution in [0.15, 0.2) is 0 Å². The third-order valence-electron chi connectivity index (χ3n) is 6.31. The number of rotatable bonds is 17. The van der Waals surface area contributed by atoms with Crippen LogP contribution >= 0.6 is 7.67 Å². The average Bonchev–Trinajstić information content (AvgIpc) is 3.69. The molecular formula is C21H41B2N4O5P. The zero-order valence-electron chi connectivity index (χ0n) is 20.5. The van der Waals surface area contributed by atoms with Crippen LogP contribution in [-0.2, 0) is 23.3 Å². The first kappa shape index (κ1) is 27.6. The summed E-state index contributed by atoms with van der Waals surface area (Å²) in [6.45, 7) is 5.99. The Morgan fingerprint density at radius 2 is 1.79 bits per heavy atom. The molecule has 5 unspecified atom stereocenters. The summed E-state index contributed by atoms with van der Waals surface area (Å²) in [5, 5.41) is 9.46. The normalized spacial score (nSPS) is 26.3. The number of hydrogen-bond acceptors (Lipinski definition) is 7. The summed E-state index contributed by atoms with van der Waals surface area (Å²) in [4.78, 5) is 0. The summed E-state index contributed by atoms with van der Waals surface area (Å²) in [6, 6.07) is -0.434. The predicted molar refractivity (Wildman–Crippen MR) is 131 cm³/mol. The van der Waals surface area contributed by atoms with E-state index in [9.17, 15) is 4.57 Å². The van der Waals surface area contributed by atoms with E-state index in [0.717, 1.165) is 38.8 Å². The smallest absolute Gasteiger partial charge is 0.343 e. The van der Waals surface area contributed by atoms with Crippen molar-refractivity contribution in [2.75, 3.05) is 66.6 Å². The molecule has 186 valence electrons. The van der Waals surface area contributed by atoms with Crippen molar-refractivity contribution >= 4 is 23.4 Å². The third-order valence-corrected chi connectivity index (χ3v) is 8.51. The number of hydrogen-bond donors (Lipinski definition) is 3. The quantitative estimate of drug-likeness (QED) is 0.202. The van der Waals surface area contributed by atoms with Gasteiger partial charge in [0.2, 0.25) is 0 Å². The molecule has 3 aliphatic rings. The molecule has 3 N–H and O–H groups in total. The fraction of sp³-hybridized carbons (Fsp3) is 1.00. The molecule has 12 heteroatoms. The highest BCUT2D eigenvalue weighted by Crippen LogP contribution is 2.48. The second kappa shape index (κ2) is 12.8. The summed E-state index contributed by atoms with van der Waals surface area (Å²) in [5.74, 6) is 0.864. The molecule has 0 spiro atoms. The monoisotopic (exact) mass is 482 g/mol. The second-order valence-electron chi connectivity index (χ2n) is 9.72. The maximum absolute atomic E-state index is 14.1. The van der Waals surface area contributed by atoms with Crippen molar-refractivity contribution in [1.29, 1.82) is 0 Å². The molecule has 0 aromatic heterocycles. The van der Waals surface area contributed by atoms with Gasteiger partial charge >= 0.3 is 7.67 Å². The van der Waals surface area contributed by atoms with Gasteiger partial charge in [0.05, 0.1) is 25.4 Å². The van der Waals surface area contributed by atoms with Gasteiger partial charge in [-0.2, -0.15) is 0 Å². The van der Waals surface area contributed by atoms with Crippen LogP contribution in [0.5, 0.6) is 0 Å². The number of methoxy groups -OCH3 is 1. The van der Waals surface area contributed by atoms with E-state index in [4.69, 9.17) is 34.4 Å². The van der Waals surface area contributed by atoms with Gasteiger partial charge in [-0.15, -0.1) is 0 Å². The van der Waals surface area contributed by atoms with E-state index in [2.05, 4.69) is 15.7 Å². The summed E-state index contributed by atoms with van der Waals surface area (Å²) in [5.41, 5.74) is -1.01. The second-order valence-corrected chi connectivity index (χ2v) is 11.9. The van der Waals surface area contributed by atoms with Crippen LogP contribution in [-0.4, -0.2) is 111 Å². The van der Waals surface area contributed by atoms with E-state index in [0.29, 0.717) is 38.1 Å². The van der Waals surface area contributed by atoms with Crippen LogP contribution < -0.4 is 15.7 Å². The van der Waals surface area contributed by atoms with Crippen LogP contribution in [0.3, 0.4) is 0 Å². The first-order valence-corrected chi connectivity index (χ1v) is 13.8. The minimum absolute atomic E-state index is 0.0624. The molecule has 0 aromatic carbocycles. The molecule has 4 radical (unpaired) electrons. The van der Waals surface area contributed by atoms with Crippen molar-refractivity contribution in [3.8, 4) is 0 Å². The molecule has 2 aliphatic carbocycles. The lowest BCUT2D eigenvalue weighted by molar-refractivity contribution is -0.0705. The molecule has 0 amide bonds. The Hall–Kier alpha value is 0.0399. The zero-order chi connectivity index (χ0) is 23.9. The first-order chi connectivity index (χ1) is 15.8.